The lowest BCUT2D eigenvalue weighted by Crippen LogP contribution is -2.38. The maximum absolute atomic E-state index is 5.93. The molecule has 2 heterocycles. The summed E-state index contributed by atoms with van der Waals surface area (Å²) in [7, 11) is 0. The van der Waals surface area contributed by atoms with Gasteiger partial charge < -0.3 is 16.0 Å². The van der Waals surface area contributed by atoms with Crippen LogP contribution in [0.5, 0.6) is 0 Å². The molecule has 0 radical (unpaired) electrons. The predicted octanol–water partition coefficient (Wildman–Crippen LogP) is 2.65. The van der Waals surface area contributed by atoms with Crippen molar-refractivity contribution in [1.29, 1.82) is 0 Å². The van der Waals surface area contributed by atoms with E-state index in [2.05, 4.69) is 22.1 Å². The third-order valence-corrected chi connectivity index (χ3v) is 3.91. The van der Waals surface area contributed by atoms with Gasteiger partial charge >= 0.3 is 0 Å². The molecule has 19 heavy (non-hydrogen) atoms. The number of nitrogens with one attached hydrogen (secondary N) is 1. The summed E-state index contributed by atoms with van der Waals surface area (Å²) in [6, 6.07) is 2.71. The fourth-order valence-electron chi connectivity index (χ4n) is 2.72. The van der Waals surface area contributed by atoms with Gasteiger partial charge in [-0.15, -0.1) is 0 Å². The second kappa shape index (κ2) is 6.75. The molecule has 1 saturated heterocycles. The van der Waals surface area contributed by atoms with Crippen LogP contribution in [0.1, 0.15) is 38.2 Å². The average Bonchev–Trinajstić information content (AvgIpc) is 2.38. The zero-order valence-corrected chi connectivity index (χ0v) is 12.2. The van der Waals surface area contributed by atoms with Crippen LogP contribution in [0.2, 0.25) is 0 Å². The zero-order valence-electron chi connectivity index (χ0n) is 12.2. The summed E-state index contributed by atoms with van der Waals surface area (Å²) in [6.45, 7) is 7.70. The number of hydrogen-bond acceptors (Lipinski definition) is 4. The molecule has 1 fully saturated rings. The van der Waals surface area contributed by atoms with Crippen molar-refractivity contribution in [3.05, 3.63) is 17.8 Å². The third kappa shape index (κ3) is 4.10. The van der Waals surface area contributed by atoms with E-state index in [1.807, 2.05) is 19.2 Å². The SMILES string of the molecule is Cc1cnc(NCCCN2CCCCC2C)c(N)c1. The zero-order chi connectivity index (χ0) is 13.7. The number of nitrogens with zero attached hydrogens (tertiary/aromatic N) is 2. The maximum atomic E-state index is 5.93. The lowest BCUT2D eigenvalue weighted by Gasteiger charge is -2.33. The fraction of sp³-hybridized carbons (Fsp3) is 0.667. The first-order valence-electron chi connectivity index (χ1n) is 7.37. The molecular weight excluding hydrogens is 236 g/mol. The van der Waals surface area contributed by atoms with Crippen molar-refractivity contribution in [3.8, 4) is 0 Å². The number of anilines is 2. The number of nitrogens with two attached hydrogens (primary N) is 1. The summed E-state index contributed by atoms with van der Waals surface area (Å²) < 4.78 is 0. The van der Waals surface area contributed by atoms with Gasteiger partial charge in [-0.3, -0.25) is 0 Å². The fourth-order valence-corrected chi connectivity index (χ4v) is 2.72. The number of hydrogen-bond donors (Lipinski definition) is 2. The smallest absolute Gasteiger partial charge is 0.149 e. The molecule has 0 saturated carbocycles. The Labute approximate surface area is 116 Å². The molecule has 1 aromatic heterocycles. The molecule has 1 unspecified atom stereocenters. The van der Waals surface area contributed by atoms with Crippen LogP contribution in [-0.4, -0.2) is 35.6 Å². The highest BCUT2D eigenvalue weighted by Crippen LogP contribution is 2.17. The van der Waals surface area contributed by atoms with Gasteiger partial charge in [0.15, 0.2) is 0 Å². The van der Waals surface area contributed by atoms with Crippen molar-refractivity contribution in [1.82, 2.24) is 9.88 Å². The Morgan fingerprint density at radius 1 is 1.47 bits per heavy atom. The minimum atomic E-state index is 0.742. The summed E-state index contributed by atoms with van der Waals surface area (Å²) in [5.41, 5.74) is 7.78. The molecule has 2 rings (SSSR count). The van der Waals surface area contributed by atoms with Crippen LogP contribution < -0.4 is 11.1 Å². The van der Waals surface area contributed by atoms with E-state index in [0.29, 0.717) is 0 Å². The van der Waals surface area contributed by atoms with E-state index < -0.39 is 0 Å². The molecule has 1 aromatic rings. The number of pyridine rings is 1. The van der Waals surface area contributed by atoms with E-state index in [-0.39, 0.29) is 0 Å². The molecule has 3 N–H and O–H groups in total. The molecule has 4 nitrogen and oxygen atoms in total. The summed E-state index contributed by atoms with van der Waals surface area (Å²) >= 11 is 0. The molecule has 1 aliphatic heterocycles. The van der Waals surface area contributed by atoms with Gasteiger partial charge in [0.25, 0.3) is 0 Å². The predicted molar refractivity (Wildman–Crippen MR) is 81.4 cm³/mol. The van der Waals surface area contributed by atoms with E-state index >= 15 is 0 Å². The Hall–Kier alpha value is -1.29. The molecule has 0 spiro atoms. The van der Waals surface area contributed by atoms with Crippen molar-refractivity contribution in [2.75, 3.05) is 30.7 Å². The molecule has 4 heteroatoms. The van der Waals surface area contributed by atoms with E-state index in [1.165, 1.54) is 32.4 Å². The van der Waals surface area contributed by atoms with E-state index in [0.717, 1.165) is 36.1 Å². The van der Waals surface area contributed by atoms with Crippen molar-refractivity contribution < 1.29 is 0 Å². The van der Waals surface area contributed by atoms with Crippen LogP contribution in [0.3, 0.4) is 0 Å². The quantitative estimate of drug-likeness (QED) is 0.801. The van der Waals surface area contributed by atoms with Crippen LogP contribution in [-0.2, 0) is 0 Å². The summed E-state index contributed by atoms with van der Waals surface area (Å²) in [5, 5.41) is 3.33. The van der Waals surface area contributed by atoms with Gasteiger partial charge in [-0.2, -0.15) is 0 Å². The van der Waals surface area contributed by atoms with Gasteiger partial charge in [0.2, 0.25) is 0 Å². The topological polar surface area (TPSA) is 54.2 Å². The van der Waals surface area contributed by atoms with Crippen LogP contribution in [0.15, 0.2) is 12.3 Å². The molecular formula is C15H26N4. The molecule has 0 amide bonds. The second-order valence-corrected chi connectivity index (χ2v) is 5.61. The molecule has 0 aromatic carbocycles. The number of rotatable bonds is 5. The van der Waals surface area contributed by atoms with Gasteiger partial charge in [-0.05, 0) is 51.3 Å². The highest BCUT2D eigenvalue weighted by Gasteiger charge is 2.17. The summed E-state index contributed by atoms with van der Waals surface area (Å²) in [4.78, 5) is 6.92. The van der Waals surface area contributed by atoms with Crippen molar-refractivity contribution in [2.45, 2.75) is 45.6 Å². The lowest BCUT2D eigenvalue weighted by molar-refractivity contribution is 0.160. The molecule has 106 valence electrons. The Morgan fingerprint density at radius 3 is 3.05 bits per heavy atom. The first kappa shape index (κ1) is 14.1. The summed E-state index contributed by atoms with van der Waals surface area (Å²) in [6.07, 6.45) is 7.08. The highest BCUT2D eigenvalue weighted by molar-refractivity contribution is 5.61. The number of likely N-dealkylation sites (tertiary alicyclic amines) is 1. The normalized spacial score (nSPS) is 20.4. The van der Waals surface area contributed by atoms with Crippen molar-refractivity contribution in [3.63, 3.8) is 0 Å². The summed E-state index contributed by atoms with van der Waals surface area (Å²) in [5.74, 6) is 0.817. The number of aryl methyl sites for hydroxylation is 1. The second-order valence-electron chi connectivity index (χ2n) is 5.61. The minimum absolute atomic E-state index is 0.742. The Kier molecular flexibility index (Phi) is 5.02. The van der Waals surface area contributed by atoms with Gasteiger partial charge in [0.05, 0.1) is 5.69 Å². The molecule has 1 aliphatic rings. The largest absolute Gasteiger partial charge is 0.396 e. The first-order chi connectivity index (χ1) is 9.16. The van der Waals surface area contributed by atoms with E-state index in [9.17, 15) is 0 Å². The van der Waals surface area contributed by atoms with Crippen molar-refractivity contribution >= 4 is 11.5 Å². The van der Waals surface area contributed by atoms with Crippen molar-refractivity contribution in [2.24, 2.45) is 0 Å². The number of piperidine rings is 1. The van der Waals surface area contributed by atoms with Gasteiger partial charge in [-0.1, -0.05) is 6.42 Å². The Morgan fingerprint density at radius 2 is 2.32 bits per heavy atom. The maximum Gasteiger partial charge on any atom is 0.149 e. The minimum Gasteiger partial charge on any atom is -0.396 e. The monoisotopic (exact) mass is 262 g/mol. The number of aromatic nitrogens is 1. The first-order valence-corrected chi connectivity index (χ1v) is 7.37. The molecule has 1 atom stereocenters. The highest BCUT2D eigenvalue weighted by atomic mass is 15.2. The van der Waals surface area contributed by atoms with Crippen LogP contribution in [0.25, 0.3) is 0 Å². The third-order valence-electron chi connectivity index (χ3n) is 3.91. The Balaban J connectivity index is 1.71. The van der Waals surface area contributed by atoms with Gasteiger partial charge in [0, 0.05) is 25.3 Å². The molecule has 0 aliphatic carbocycles. The average molecular weight is 262 g/mol. The van der Waals surface area contributed by atoms with Crippen LogP contribution in [0, 0.1) is 6.92 Å². The number of nitrogen functional groups attached to an aromatic ring is 1. The molecule has 0 bridgehead atoms. The standard InChI is InChI=1S/C15H26N4/c1-12-10-14(16)15(18-11-12)17-7-5-9-19-8-4-3-6-13(19)2/h10-11,13H,3-9,16H2,1-2H3,(H,17,18). The van der Waals surface area contributed by atoms with Gasteiger partial charge in [-0.25, -0.2) is 4.98 Å². The van der Waals surface area contributed by atoms with E-state index in [4.69, 9.17) is 5.73 Å². The Bertz CT molecular complexity index is 405. The van der Waals surface area contributed by atoms with Crippen LogP contribution in [0.4, 0.5) is 11.5 Å². The van der Waals surface area contributed by atoms with Gasteiger partial charge in [0.1, 0.15) is 5.82 Å². The van der Waals surface area contributed by atoms with E-state index in [1.54, 1.807) is 0 Å². The lowest BCUT2D eigenvalue weighted by atomic mass is 10.0. The van der Waals surface area contributed by atoms with Crippen LogP contribution >= 0.6 is 0 Å².